The fourth-order valence-corrected chi connectivity index (χ4v) is 4.49. The molecule has 2 heterocycles. The third-order valence-electron chi connectivity index (χ3n) is 6.25. The standard InChI is InChI=1S/C27H29N5O2/c1-26(2,3)34-25(33)31-27(15-7-16-27)20-12-10-18(11-13-20)22-23(19-8-5-4-6-9-19)32-24(30-22)21(28)14-17-29-32/h4-6,8-14,17H,7,15-16,28H2,1-3H3,(H,31,33). The molecule has 34 heavy (non-hydrogen) atoms. The van der Waals surface area contributed by atoms with Crippen LogP contribution >= 0.6 is 0 Å². The summed E-state index contributed by atoms with van der Waals surface area (Å²) < 4.78 is 7.31. The first kappa shape index (κ1) is 21.9. The van der Waals surface area contributed by atoms with Gasteiger partial charge in [0, 0.05) is 11.1 Å². The summed E-state index contributed by atoms with van der Waals surface area (Å²) in [6, 6.07) is 20.1. The third-order valence-corrected chi connectivity index (χ3v) is 6.25. The highest BCUT2D eigenvalue weighted by molar-refractivity contribution is 5.84. The zero-order chi connectivity index (χ0) is 23.9. The monoisotopic (exact) mass is 455 g/mol. The summed E-state index contributed by atoms with van der Waals surface area (Å²) in [7, 11) is 0. The smallest absolute Gasteiger partial charge is 0.408 e. The Bertz CT molecular complexity index is 1330. The molecule has 3 N–H and O–H groups in total. The lowest BCUT2D eigenvalue weighted by molar-refractivity contribution is 0.0377. The summed E-state index contributed by atoms with van der Waals surface area (Å²) in [5, 5.41) is 7.64. The normalized spacial score (nSPS) is 15.0. The number of aromatic nitrogens is 3. The van der Waals surface area contributed by atoms with E-state index in [2.05, 4.69) is 34.7 Å². The molecule has 0 atom stereocenters. The van der Waals surface area contributed by atoms with Gasteiger partial charge in [-0.3, -0.25) is 0 Å². The number of carbonyl (C=O) groups excluding carboxylic acids is 1. The first-order chi connectivity index (χ1) is 16.3. The van der Waals surface area contributed by atoms with Gasteiger partial charge in [0.2, 0.25) is 0 Å². The number of ether oxygens (including phenoxy) is 1. The van der Waals surface area contributed by atoms with Gasteiger partial charge in [-0.1, -0.05) is 54.6 Å². The van der Waals surface area contributed by atoms with E-state index in [1.54, 1.807) is 16.8 Å². The second-order valence-corrected chi connectivity index (χ2v) is 9.84. The van der Waals surface area contributed by atoms with Crippen LogP contribution < -0.4 is 11.1 Å². The molecule has 0 unspecified atom stereocenters. The molecule has 1 saturated carbocycles. The lowest BCUT2D eigenvalue weighted by Crippen LogP contribution is -2.52. The summed E-state index contributed by atoms with van der Waals surface area (Å²) in [5.41, 5.74) is 11.2. The van der Waals surface area contributed by atoms with Crippen LogP contribution in [0.4, 0.5) is 10.5 Å². The molecule has 4 aromatic rings. The third kappa shape index (κ3) is 3.98. The van der Waals surface area contributed by atoms with E-state index in [1.807, 2.05) is 51.1 Å². The molecule has 0 spiro atoms. The van der Waals surface area contributed by atoms with E-state index in [4.69, 9.17) is 15.5 Å². The Morgan fingerprint density at radius 3 is 2.35 bits per heavy atom. The number of carbonyl (C=O) groups is 1. The molecule has 5 rings (SSSR count). The van der Waals surface area contributed by atoms with E-state index in [9.17, 15) is 4.79 Å². The quantitative estimate of drug-likeness (QED) is 0.421. The van der Waals surface area contributed by atoms with Crippen molar-refractivity contribution in [2.75, 3.05) is 5.73 Å². The molecule has 1 aliphatic carbocycles. The molecule has 1 aliphatic rings. The first-order valence-electron chi connectivity index (χ1n) is 11.6. The van der Waals surface area contributed by atoms with Crippen LogP contribution in [0.1, 0.15) is 45.6 Å². The van der Waals surface area contributed by atoms with E-state index in [0.717, 1.165) is 47.3 Å². The molecule has 174 valence electrons. The van der Waals surface area contributed by atoms with E-state index in [1.165, 1.54) is 0 Å². The number of nitrogens with one attached hydrogen (secondary N) is 1. The number of hydrogen-bond donors (Lipinski definition) is 2. The van der Waals surface area contributed by atoms with Gasteiger partial charge >= 0.3 is 6.09 Å². The summed E-state index contributed by atoms with van der Waals surface area (Å²) in [5.74, 6) is 0. The van der Waals surface area contributed by atoms with Gasteiger partial charge in [0.25, 0.3) is 0 Å². The number of fused-ring (bicyclic) bond motifs is 1. The number of rotatable bonds is 4. The molecular formula is C27H29N5O2. The molecule has 0 radical (unpaired) electrons. The largest absolute Gasteiger partial charge is 0.444 e. The Kier molecular flexibility index (Phi) is 5.27. The molecule has 0 saturated heterocycles. The van der Waals surface area contributed by atoms with Crippen molar-refractivity contribution in [3.05, 3.63) is 72.4 Å². The van der Waals surface area contributed by atoms with Crippen molar-refractivity contribution < 1.29 is 9.53 Å². The topological polar surface area (TPSA) is 94.5 Å². The highest BCUT2D eigenvalue weighted by Gasteiger charge is 2.41. The predicted molar refractivity (Wildman–Crippen MR) is 133 cm³/mol. The Morgan fingerprint density at radius 1 is 1.03 bits per heavy atom. The minimum Gasteiger partial charge on any atom is -0.444 e. The number of nitrogens with zero attached hydrogens (tertiary/aromatic N) is 3. The molecular weight excluding hydrogens is 426 g/mol. The van der Waals surface area contributed by atoms with Crippen molar-refractivity contribution in [3.8, 4) is 22.5 Å². The van der Waals surface area contributed by atoms with Gasteiger partial charge in [0.15, 0.2) is 5.65 Å². The van der Waals surface area contributed by atoms with Crippen LogP contribution in [-0.2, 0) is 10.3 Å². The number of nitrogen functional groups attached to an aromatic ring is 1. The van der Waals surface area contributed by atoms with Crippen molar-refractivity contribution >= 4 is 17.4 Å². The SMILES string of the molecule is CC(C)(C)OC(=O)NC1(c2ccc(-c3nc4c(N)ccnn4c3-c3ccccc3)cc2)CCC1. The minimum atomic E-state index is -0.536. The Labute approximate surface area is 199 Å². The number of alkyl carbamates (subject to hydrolysis) is 1. The number of anilines is 1. The summed E-state index contributed by atoms with van der Waals surface area (Å²) in [6.07, 6.45) is 4.13. The Balaban J connectivity index is 1.52. The highest BCUT2D eigenvalue weighted by Crippen LogP contribution is 2.42. The summed E-state index contributed by atoms with van der Waals surface area (Å²) >= 11 is 0. The lowest BCUT2D eigenvalue weighted by Gasteiger charge is -2.43. The average molecular weight is 456 g/mol. The maximum absolute atomic E-state index is 12.5. The molecule has 0 aliphatic heterocycles. The van der Waals surface area contributed by atoms with Gasteiger partial charge in [-0.25, -0.2) is 14.3 Å². The lowest BCUT2D eigenvalue weighted by atomic mass is 9.71. The van der Waals surface area contributed by atoms with Crippen LogP contribution in [0.15, 0.2) is 66.9 Å². The molecule has 2 aromatic heterocycles. The summed E-state index contributed by atoms with van der Waals surface area (Å²) in [4.78, 5) is 17.4. The zero-order valence-electron chi connectivity index (χ0n) is 19.7. The fraction of sp³-hybridized carbons (Fsp3) is 0.296. The van der Waals surface area contributed by atoms with Gasteiger partial charge in [-0.15, -0.1) is 0 Å². The van der Waals surface area contributed by atoms with Crippen LogP contribution in [0.5, 0.6) is 0 Å². The van der Waals surface area contributed by atoms with E-state index < -0.39 is 11.1 Å². The van der Waals surface area contributed by atoms with Crippen molar-refractivity contribution in [1.29, 1.82) is 0 Å². The first-order valence-corrected chi connectivity index (χ1v) is 11.6. The zero-order valence-corrected chi connectivity index (χ0v) is 19.7. The number of amides is 1. The number of imidazole rings is 1. The van der Waals surface area contributed by atoms with Gasteiger partial charge in [0.1, 0.15) is 11.3 Å². The van der Waals surface area contributed by atoms with E-state index in [-0.39, 0.29) is 6.09 Å². The summed E-state index contributed by atoms with van der Waals surface area (Å²) in [6.45, 7) is 5.61. The second-order valence-electron chi connectivity index (χ2n) is 9.84. The second kappa shape index (κ2) is 8.17. The van der Waals surface area contributed by atoms with Crippen molar-refractivity contribution in [1.82, 2.24) is 19.9 Å². The van der Waals surface area contributed by atoms with Crippen LogP contribution in [-0.4, -0.2) is 26.3 Å². The molecule has 7 nitrogen and oxygen atoms in total. The molecule has 1 fully saturated rings. The number of benzene rings is 2. The fourth-order valence-electron chi connectivity index (χ4n) is 4.49. The minimum absolute atomic E-state index is 0.385. The van der Waals surface area contributed by atoms with E-state index >= 15 is 0 Å². The van der Waals surface area contributed by atoms with Crippen LogP contribution in [0.25, 0.3) is 28.2 Å². The van der Waals surface area contributed by atoms with Gasteiger partial charge in [-0.2, -0.15) is 5.10 Å². The molecule has 7 heteroatoms. The van der Waals surface area contributed by atoms with Gasteiger partial charge in [0.05, 0.1) is 23.1 Å². The Morgan fingerprint density at radius 2 is 1.74 bits per heavy atom. The van der Waals surface area contributed by atoms with Crippen molar-refractivity contribution in [3.63, 3.8) is 0 Å². The van der Waals surface area contributed by atoms with Crippen molar-refractivity contribution in [2.24, 2.45) is 0 Å². The van der Waals surface area contributed by atoms with E-state index in [0.29, 0.717) is 11.3 Å². The molecule has 0 bridgehead atoms. The van der Waals surface area contributed by atoms with Crippen LogP contribution in [0.2, 0.25) is 0 Å². The number of hydrogen-bond acceptors (Lipinski definition) is 5. The van der Waals surface area contributed by atoms with Gasteiger partial charge < -0.3 is 15.8 Å². The maximum Gasteiger partial charge on any atom is 0.408 e. The molecule has 2 aromatic carbocycles. The van der Waals surface area contributed by atoms with Crippen LogP contribution in [0.3, 0.4) is 0 Å². The van der Waals surface area contributed by atoms with Crippen LogP contribution in [0, 0.1) is 0 Å². The predicted octanol–water partition coefficient (Wildman–Crippen LogP) is 5.55. The Hall–Kier alpha value is -3.87. The van der Waals surface area contributed by atoms with Crippen molar-refractivity contribution in [2.45, 2.75) is 51.2 Å². The average Bonchev–Trinajstić information content (AvgIpc) is 3.17. The maximum atomic E-state index is 12.5. The highest BCUT2D eigenvalue weighted by atomic mass is 16.6. The van der Waals surface area contributed by atoms with Gasteiger partial charge in [-0.05, 0) is 51.7 Å². The molecule has 1 amide bonds. The number of nitrogens with two attached hydrogens (primary N) is 1.